The van der Waals surface area contributed by atoms with E-state index in [1.165, 1.54) is 37.7 Å². The number of nitrogens with one attached hydrogen (secondary N) is 1. The second-order valence-electron chi connectivity index (χ2n) is 5.13. The first-order valence-electron chi connectivity index (χ1n) is 6.74. The van der Waals surface area contributed by atoms with Gasteiger partial charge in [0.25, 0.3) is 0 Å². The van der Waals surface area contributed by atoms with Crippen LogP contribution in [0.1, 0.15) is 44.6 Å². The van der Waals surface area contributed by atoms with Crippen LogP contribution in [0.2, 0.25) is 5.02 Å². The highest BCUT2D eigenvalue weighted by molar-refractivity contribution is 6.30. The fraction of sp³-hybridized carbons (Fsp3) is 0.600. The van der Waals surface area contributed by atoms with Crippen LogP contribution in [0.5, 0.6) is 0 Å². The Morgan fingerprint density at radius 2 is 2.00 bits per heavy atom. The maximum absolute atomic E-state index is 6.14. The summed E-state index contributed by atoms with van der Waals surface area (Å²) in [5.74, 6) is 0. The average molecular weight is 252 g/mol. The van der Waals surface area contributed by atoms with Gasteiger partial charge in [-0.2, -0.15) is 0 Å². The van der Waals surface area contributed by atoms with Gasteiger partial charge in [0.15, 0.2) is 0 Å². The molecule has 0 unspecified atom stereocenters. The Bertz CT molecular complexity index is 356. The van der Waals surface area contributed by atoms with Gasteiger partial charge in [0.1, 0.15) is 0 Å². The lowest BCUT2D eigenvalue weighted by Crippen LogP contribution is -2.39. The van der Waals surface area contributed by atoms with Gasteiger partial charge in [-0.1, -0.05) is 49.9 Å². The Morgan fingerprint density at radius 3 is 2.65 bits per heavy atom. The van der Waals surface area contributed by atoms with E-state index in [0.717, 1.165) is 18.1 Å². The van der Waals surface area contributed by atoms with Gasteiger partial charge in [0, 0.05) is 17.0 Å². The van der Waals surface area contributed by atoms with Crippen molar-refractivity contribution in [3.63, 3.8) is 0 Å². The second-order valence-corrected chi connectivity index (χ2v) is 5.57. The molecule has 1 fully saturated rings. The van der Waals surface area contributed by atoms with E-state index in [-0.39, 0.29) is 0 Å². The van der Waals surface area contributed by atoms with Crippen molar-refractivity contribution in [3.8, 4) is 0 Å². The molecular weight excluding hydrogens is 230 g/mol. The molecule has 1 aromatic carbocycles. The zero-order valence-corrected chi connectivity index (χ0v) is 11.4. The third-order valence-electron chi connectivity index (χ3n) is 3.96. The molecular formula is C15H22ClN. The Kier molecular flexibility index (Phi) is 4.47. The lowest BCUT2D eigenvalue weighted by molar-refractivity contribution is 0.282. The quantitative estimate of drug-likeness (QED) is 0.848. The van der Waals surface area contributed by atoms with Crippen molar-refractivity contribution in [2.45, 2.75) is 44.4 Å². The van der Waals surface area contributed by atoms with Crippen molar-refractivity contribution >= 4 is 11.6 Å². The summed E-state index contributed by atoms with van der Waals surface area (Å²) in [6, 6.07) is 8.45. The van der Waals surface area contributed by atoms with Crippen LogP contribution in [0.25, 0.3) is 0 Å². The molecule has 0 amide bonds. The Morgan fingerprint density at radius 1 is 1.24 bits per heavy atom. The molecule has 1 saturated carbocycles. The van der Waals surface area contributed by atoms with Crippen LogP contribution in [0.4, 0.5) is 0 Å². The fourth-order valence-corrected chi connectivity index (χ4v) is 3.17. The van der Waals surface area contributed by atoms with Gasteiger partial charge in [-0.25, -0.2) is 0 Å². The number of halogens is 1. The van der Waals surface area contributed by atoms with Crippen molar-refractivity contribution in [2.75, 3.05) is 13.1 Å². The largest absolute Gasteiger partial charge is 0.316 e. The maximum Gasteiger partial charge on any atom is 0.0408 e. The van der Waals surface area contributed by atoms with E-state index in [1.807, 2.05) is 6.07 Å². The summed E-state index contributed by atoms with van der Waals surface area (Å²) in [6.45, 7) is 4.31. The van der Waals surface area contributed by atoms with E-state index in [0.29, 0.717) is 5.41 Å². The Balaban J connectivity index is 2.25. The lowest BCUT2D eigenvalue weighted by atomic mass is 9.69. The topological polar surface area (TPSA) is 12.0 Å². The van der Waals surface area contributed by atoms with Gasteiger partial charge < -0.3 is 5.32 Å². The molecule has 0 atom stereocenters. The summed E-state index contributed by atoms with van der Waals surface area (Å²) < 4.78 is 0. The van der Waals surface area contributed by atoms with E-state index in [4.69, 9.17) is 11.6 Å². The first kappa shape index (κ1) is 12.9. The molecule has 1 N–H and O–H groups in total. The number of benzene rings is 1. The Hall–Kier alpha value is -0.530. The highest BCUT2D eigenvalue weighted by Gasteiger charge is 2.33. The van der Waals surface area contributed by atoms with E-state index >= 15 is 0 Å². The number of hydrogen-bond acceptors (Lipinski definition) is 1. The fourth-order valence-electron chi connectivity index (χ4n) is 2.98. The normalized spacial score (nSPS) is 19.2. The van der Waals surface area contributed by atoms with E-state index in [2.05, 4.69) is 30.4 Å². The summed E-state index contributed by atoms with van der Waals surface area (Å²) in [6.07, 6.45) is 6.66. The van der Waals surface area contributed by atoms with Gasteiger partial charge in [-0.15, -0.1) is 0 Å². The molecule has 2 heteroatoms. The molecule has 1 aliphatic carbocycles. The van der Waals surface area contributed by atoms with Crippen molar-refractivity contribution < 1.29 is 0 Å². The summed E-state index contributed by atoms with van der Waals surface area (Å²) in [5.41, 5.74) is 1.74. The summed E-state index contributed by atoms with van der Waals surface area (Å²) in [4.78, 5) is 0. The van der Waals surface area contributed by atoms with Crippen molar-refractivity contribution in [1.29, 1.82) is 0 Å². The summed E-state index contributed by atoms with van der Waals surface area (Å²) in [7, 11) is 0. The van der Waals surface area contributed by atoms with Gasteiger partial charge in [-0.05, 0) is 37.1 Å². The number of hydrogen-bond donors (Lipinski definition) is 1. The molecule has 1 aliphatic rings. The minimum atomic E-state index is 0.319. The zero-order valence-electron chi connectivity index (χ0n) is 10.6. The SMILES string of the molecule is CCNCC1(c2cccc(Cl)c2)CCCCC1. The van der Waals surface area contributed by atoms with Crippen LogP contribution in [0, 0.1) is 0 Å². The summed E-state index contributed by atoms with van der Waals surface area (Å²) >= 11 is 6.14. The molecule has 0 aliphatic heterocycles. The second kappa shape index (κ2) is 5.88. The molecule has 1 nitrogen and oxygen atoms in total. The third kappa shape index (κ3) is 3.02. The predicted octanol–water partition coefficient (Wildman–Crippen LogP) is 4.15. The van der Waals surface area contributed by atoms with Crippen LogP contribution in [0.15, 0.2) is 24.3 Å². The lowest BCUT2D eigenvalue weighted by Gasteiger charge is -2.38. The van der Waals surface area contributed by atoms with Crippen LogP contribution >= 0.6 is 11.6 Å². The predicted molar refractivity (Wildman–Crippen MR) is 74.8 cm³/mol. The molecule has 0 saturated heterocycles. The average Bonchev–Trinajstić information content (AvgIpc) is 2.37. The maximum atomic E-state index is 6.14. The van der Waals surface area contributed by atoms with E-state index in [9.17, 15) is 0 Å². The molecule has 2 rings (SSSR count). The molecule has 17 heavy (non-hydrogen) atoms. The number of rotatable bonds is 4. The van der Waals surface area contributed by atoms with Gasteiger partial charge in [-0.3, -0.25) is 0 Å². The van der Waals surface area contributed by atoms with Crippen molar-refractivity contribution in [3.05, 3.63) is 34.9 Å². The first-order chi connectivity index (χ1) is 8.27. The Labute approximate surface area is 110 Å². The molecule has 0 aromatic heterocycles. The van der Waals surface area contributed by atoms with Gasteiger partial charge in [0.05, 0.1) is 0 Å². The highest BCUT2D eigenvalue weighted by atomic mass is 35.5. The zero-order chi connectivity index (χ0) is 12.1. The van der Waals surface area contributed by atoms with E-state index < -0.39 is 0 Å². The van der Waals surface area contributed by atoms with Crippen LogP contribution in [0.3, 0.4) is 0 Å². The first-order valence-corrected chi connectivity index (χ1v) is 7.11. The van der Waals surface area contributed by atoms with Crippen molar-refractivity contribution in [2.24, 2.45) is 0 Å². The molecule has 0 spiro atoms. The van der Waals surface area contributed by atoms with Crippen LogP contribution < -0.4 is 5.32 Å². The molecule has 0 radical (unpaired) electrons. The minimum Gasteiger partial charge on any atom is -0.316 e. The van der Waals surface area contributed by atoms with E-state index in [1.54, 1.807) is 0 Å². The van der Waals surface area contributed by atoms with Gasteiger partial charge in [0.2, 0.25) is 0 Å². The molecule has 1 aromatic rings. The molecule has 0 heterocycles. The third-order valence-corrected chi connectivity index (χ3v) is 4.20. The summed E-state index contributed by atoms with van der Waals surface area (Å²) in [5, 5.41) is 4.40. The highest BCUT2D eigenvalue weighted by Crippen LogP contribution is 2.39. The molecule has 0 bridgehead atoms. The standard InChI is InChI=1S/C15H22ClN/c1-2-17-12-15(9-4-3-5-10-15)13-7-6-8-14(16)11-13/h6-8,11,17H,2-5,9-10,12H2,1H3. The molecule has 94 valence electrons. The smallest absolute Gasteiger partial charge is 0.0408 e. The van der Waals surface area contributed by atoms with Crippen LogP contribution in [-0.4, -0.2) is 13.1 Å². The monoisotopic (exact) mass is 251 g/mol. The van der Waals surface area contributed by atoms with Crippen LogP contribution in [-0.2, 0) is 5.41 Å². The number of likely N-dealkylation sites (N-methyl/N-ethyl adjacent to an activating group) is 1. The van der Waals surface area contributed by atoms with Gasteiger partial charge >= 0.3 is 0 Å². The van der Waals surface area contributed by atoms with Crippen molar-refractivity contribution in [1.82, 2.24) is 5.32 Å². The minimum absolute atomic E-state index is 0.319.